The number of hydrogen-bond donors (Lipinski definition) is 1. The van der Waals surface area contributed by atoms with Crippen molar-refractivity contribution in [1.82, 2.24) is 0 Å². The summed E-state index contributed by atoms with van der Waals surface area (Å²) in [7, 11) is 0. The molecule has 0 amide bonds. The highest BCUT2D eigenvalue weighted by Gasteiger charge is 2.47. The zero-order valence-corrected chi connectivity index (χ0v) is 13.8. The molecule has 0 heterocycles. The Morgan fingerprint density at radius 3 is 2.19 bits per heavy atom. The second kappa shape index (κ2) is 4.74. The zero-order valence-electron chi connectivity index (χ0n) is 13.8. The van der Waals surface area contributed by atoms with Crippen molar-refractivity contribution in [2.75, 3.05) is 0 Å². The van der Waals surface area contributed by atoms with Gasteiger partial charge in [0.25, 0.3) is 0 Å². The van der Waals surface area contributed by atoms with Crippen LogP contribution < -0.4 is 4.74 Å². The van der Waals surface area contributed by atoms with Crippen LogP contribution in [0.1, 0.15) is 65.4 Å². The molecule has 0 aromatic heterocycles. The fourth-order valence-corrected chi connectivity index (χ4v) is 4.51. The Labute approximate surface area is 128 Å². The van der Waals surface area contributed by atoms with Crippen LogP contribution in [0.5, 0.6) is 5.75 Å². The van der Waals surface area contributed by atoms with E-state index in [-0.39, 0.29) is 10.8 Å². The summed E-state index contributed by atoms with van der Waals surface area (Å²) in [5, 5.41) is 11.3. The molecular weight excluding hydrogens is 260 g/mol. The molecule has 21 heavy (non-hydrogen) atoms. The van der Waals surface area contributed by atoms with Crippen LogP contribution >= 0.6 is 0 Å². The van der Waals surface area contributed by atoms with E-state index < -0.39 is 5.60 Å². The SMILES string of the molecule is CC1(C)CC(C)(C)CC(O)(c2cccc(OC3CC3)c2)C1. The van der Waals surface area contributed by atoms with Crippen LogP contribution in [0.2, 0.25) is 0 Å². The van der Waals surface area contributed by atoms with Gasteiger partial charge in [0.2, 0.25) is 0 Å². The normalized spacial score (nSPS) is 26.3. The van der Waals surface area contributed by atoms with Gasteiger partial charge in [-0.05, 0) is 60.6 Å². The molecule has 2 aliphatic rings. The van der Waals surface area contributed by atoms with Crippen molar-refractivity contribution in [3.8, 4) is 5.75 Å². The minimum atomic E-state index is -0.742. The van der Waals surface area contributed by atoms with Gasteiger partial charge in [-0.25, -0.2) is 0 Å². The van der Waals surface area contributed by atoms with E-state index in [4.69, 9.17) is 4.74 Å². The van der Waals surface area contributed by atoms with Crippen LogP contribution in [0, 0.1) is 10.8 Å². The monoisotopic (exact) mass is 288 g/mol. The lowest BCUT2D eigenvalue weighted by atomic mass is 9.58. The van der Waals surface area contributed by atoms with Crippen LogP contribution in [0.3, 0.4) is 0 Å². The van der Waals surface area contributed by atoms with Gasteiger partial charge in [-0.15, -0.1) is 0 Å². The fourth-order valence-electron chi connectivity index (χ4n) is 4.51. The summed E-state index contributed by atoms with van der Waals surface area (Å²) in [6.07, 6.45) is 5.50. The molecule has 2 saturated carbocycles. The van der Waals surface area contributed by atoms with Crippen LogP contribution in [-0.4, -0.2) is 11.2 Å². The van der Waals surface area contributed by atoms with Crippen LogP contribution in [-0.2, 0) is 5.60 Å². The first-order valence-electron chi connectivity index (χ1n) is 8.17. The topological polar surface area (TPSA) is 29.5 Å². The zero-order chi connectivity index (χ0) is 15.3. The van der Waals surface area contributed by atoms with Crippen molar-refractivity contribution in [1.29, 1.82) is 0 Å². The molecule has 2 heteroatoms. The van der Waals surface area contributed by atoms with E-state index in [9.17, 15) is 5.11 Å². The molecule has 0 atom stereocenters. The Morgan fingerprint density at radius 1 is 1.00 bits per heavy atom. The smallest absolute Gasteiger partial charge is 0.120 e. The minimum Gasteiger partial charge on any atom is -0.490 e. The number of hydrogen-bond acceptors (Lipinski definition) is 2. The maximum atomic E-state index is 11.3. The Balaban J connectivity index is 1.89. The highest BCUT2D eigenvalue weighted by Crippen LogP contribution is 2.54. The standard InChI is InChI=1S/C19H28O2/c1-17(2)11-18(3,4)13-19(20,12-17)14-6-5-7-16(10-14)21-15-8-9-15/h5-7,10,15,20H,8-9,11-13H2,1-4H3. The molecule has 1 N–H and O–H groups in total. The van der Waals surface area contributed by atoms with Gasteiger partial charge in [0.15, 0.2) is 0 Å². The van der Waals surface area contributed by atoms with Crippen molar-refractivity contribution in [3.63, 3.8) is 0 Å². The molecule has 2 aliphatic carbocycles. The largest absolute Gasteiger partial charge is 0.490 e. The average Bonchev–Trinajstić information content (AvgIpc) is 3.08. The summed E-state index contributed by atoms with van der Waals surface area (Å²) < 4.78 is 5.89. The lowest BCUT2D eigenvalue weighted by Crippen LogP contribution is -2.44. The van der Waals surface area contributed by atoms with Gasteiger partial charge in [0.05, 0.1) is 11.7 Å². The number of benzene rings is 1. The van der Waals surface area contributed by atoms with E-state index in [1.807, 2.05) is 12.1 Å². The first kappa shape index (κ1) is 14.9. The molecule has 1 aromatic carbocycles. The van der Waals surface area contributed by atoms with Gasteiger partial charge < -0.3 is 9.84 Å². The van der Waals surface area contributed by atoms with Gasteiger partial charge in [0.1, 0.15) is 5.75 Å². The molecule has 0 spiro atoms. The number of aliphatic hydroxyl groups is 1. The molecule has 0 unspecified atom stereocenters. The summed E-state index contributed by atoms with van der Waals surface area (Å²) >= 11 is 0. The molecule has 0 radical (unpaired) electrons. The van der Waals surface area contributed by atoms with E-state index in [1.54, 1.807) is 0 Å². The van der Waals surface area contributed by atoms with Gasteiger partial charge >= 0.3 is 0 Å². The molecule has 0 saturated heterocycles. The van der Waals surface area contributed by atoms with E-state index in [2.05, 4.69) is 39.8 Å². The molecular formula is C19H28O2. The Kier molecular flexibility index (Phi) is 3.36. The number of ether oxygens (including phenoxy) is 1. The quantitative estimate of drug-likeness (QED) is 0.877. The highest BCUT2D eigenvalue weighted by molar-refractivity contribution is 5.33. The lowest BCUT2D eigenvalue weighted by Gasteiger charge is -2.49. The minimum absolute atomic E-state index is 0.157. The molecule has 1 aromatic rings. The fraction of sp³-hybridized carbons (Fsp3) is 0.684. The summed E-state index contributed by atoms with van der Waals surface area (Å²) in [5.41, 5.74) is 0.587. The molecule has 116 valence electrons. The third kappa shape index (κ3) is 3.42. The van der Waals surface area contributed by atoms with E-state index in [0.29, 0.717) is 6.10 Å². The Hall–Kier alpha value is -1.02. The van der Waals surface area contributed by atoms with Crippen molar-refractivity contribution >= 4 is 0 Å². The lowest BCUT2D eigenvalue weighted by molar-refractivity contribution is -0.0913. The van der Waals surface area contributed by atoms with Gasteiger partial charge in [0, 0.05) is 0 Å². The second-order valence-corrected chi connectivity index (χ2v) is 8.74. The second-order valence-electron chi connectivity index (χ2n) is 8.74. The summed E-state index contributed by atoms with van der Waals surface area (Å²) in [6, 6.07) is 8.12. The Bertz CT molecular complexity index is 510. The van der Waals surface area contributed by atoms with Crippen molar-refractivity contribution in [2.45, 2.75) is 71.5 Å². The van der Waals surface area contributed by atoms with E-state index in [1.165, 1.54) is 0 Å². The van der Waals surface area contributed by atoms with Crippen LogP contribution in [0.15, 0.2) is 24.3 Å². The van der Waals surface area contributed by atoms with Crippen molar-refractivity contribution < 1.29 is 9.84 Å². The molecule has 0 bridgehead atoms. The number of rotatable bonds is 3. The van der Waals surface area contributed by atoms with Gasteiger partial charge in [-0.2, -0.15) is 0 Å². The Morgan fingerprint density at radius 2 is 1.62 bits per heavy atom. The third-order valence-electron chi connectivity index (χ3n) is 4.70. The van der Waals surface area contributed by atoms with Crippen molar-refractivity contribution in [2.24, 2.45) is 10.8 Å². The van der Waals surface area contributed by atoms with Crippen LogP contribution in [0.25, 0.3) is 0 Å². The molecule has 0 aliphatic heterocycles. The average molecular weight is 288 g/mol. The highest BCUT2D eigenvalue weighted by atomic mass is 16.5. The summed E-state index contributed by atoms with van der Waals surface area (Å²) in [5.74, 6) is 0.907. The first-order valence-corrected chi connectivity index (χ1v) is 8.17. The molecule has 3 rings (SSSR count). The first-order chi connectivity index (χ1) is 9.68. The summed E-state index contributed by atoms with van der Waals surface area (Å²) in [4.78, 5) is 0. The maximum absolute atomic E-state index is 11.3. The van der Waals surface area contributed by atoms with Gasteiger partial charge in [-0.1, -0.05) is 39.8 Å². The maximum Gasteiger partial charge on any atom is 0.120 e. The molecule has 2 nitrogen and oxygen atoms in total. The van der Waals surface area contributed by atoms with E-state index in [0.717, 1.165) is 43.4 Å². The third-order valence-corrected chi connectivity index (χ3v) is 4.70. The van der Waals surface area contributed by atoms with E-state index >= 15 is 0 Å². The summed E-state index contributed by atoms with van der Waals surface area (Å²) in [6.45, 7) is 9.07. The predicted octanol–water partition coefficient (Wildman–Crippen LogP) is 4.65. The van der Waals surface area contributed by atoms with Crippen LogP contribution in [0.4, 0.5) is 0 Å². The molecule has 2 fully saturated rings. The predicted molar refractivity (Wildman–Crippen MR) is 85.4 cm³/mol. The van der Waals surface area contributed by atoms with Gasteiger partial charge in [-0.3, -0.25) is 0 Å². The van der Waals surface area contributed by atoms with Crippen molar-refractivity contribution in [3.05, 3.63) is 29.8 Å².